The fraction of sp³-hybridized carbons (Fsp3) is 0.222. The average molecular weight is 327 g/mol. The molecule has 2 aromatic heterocycles. The predicted molar refractivity (Wildman–Crippen MR) is 89.9 cm³/mol. The van der Waals surface area contributed by atoms with Gasteiger partial charge in [-0.3, -0.25) is 4.79 Å². The Labute approximate surface area is 138 Å². The van der Waals surface area contributed by atoms with E-state index >= 15 is 0 Å². The van der Waals surface area contributed by atoms with Crippen molar-refractivity contribution in [2.24, 2.45) is 0 Å². The van der Waals surface area contributed by atoms with Gasteiger partial charge in [0.25, 0.3) is 0 Å². The molecule has 0 fully saturated rings. The third-order valence-electron chi connectivity index (χ3n) is 4.40. The van der Waals surface area contributed by atoms with Crippen molar-refractivity contribution in [3.63, 3.8) is 0 Å². The quantitative estimate of drug-likeness (QED) is 0.566. The first-order valence-corrected chi connectivity index (χ1v) is 8.02. The van der Waals surface area contributed by atoms with Crippen molar-refractivity contribution < 1.29 is 9.21 Å². The Morgan fingerprint density at radius 2 is 1.96 bits per heavy atom. The molecule has 3 aromatic rings. The standard InChI is InChI=1S/C18H15ClN2O2/c19-18-12(6-3-7-21-18)16(22)17-15(20)13-8-10-4-1-2-5-11(10)9-14(13)23-17/h3,6-9H,1-2,4-5,20H2. The second kappa shape index (κ2) is 5.39. The van der Waals surface area contributed by atoms with Gasteiger partial charge >= 0.3 is 0 Å². The number of halogens is 1. The number of rotatable bonds is 2. The summed E-state index contributed by atoms with van der Waals surface area (Å²) < 4.78 is 5.78. The number of aromatic nitrogens is 1. The maximum absolute atomic E-state index is 12.7. The largest absolute Gasteiger partial charge is 0.450 e. The number of nitrogens with two attached hydrogens (primary N) is 1. The minimum atomic E-state index is -0.338. The second-order valence-corrected chi connectivity index (χ2v) is 6.20. The number of anilines is 1. The van der Waals surface area contributed by atoms with Crippen molar-refractivity contribution in [1.82, 2.24) is 4.98 Å². The van der Waals surface area contributed by atoms with Crippen LogP contribution in [0.25, 0.3) is 11.0 Å². The third-order valence-corrected chi connectivity index (χ3v) is 4.70. The number of fused-ring (bicyclic) bond motifs is 2. The highest BCUT2D eigenvalue weighted by Gasteiger charge is 2.23. The lowest BCUT2D eigenvalue weighted by molar-refractivity contribution is 0.101. The van der Waals surface area contributed by atoms with Crippen molar-refractivity contribution in [2.45, 2.75) is 25.7 Å². The van der Waals surface area contributed by atoms with E-state index in [9.17, 15) is 4.79 Å². The van der Waals surface area contributed by atoms with Gasteiger partial charge in [0, 0.05) is 11.6 Å². The van der Waals surface area contributed by atoms with E-state index in [0.717, 1.165) is 18.2 Å². The van der Waals surface area contributed by atoms with Crippen LogP contribution in [0.1, 0.15) is 40.1 Å². The highest BCUT2D eigenvalue weighted by molar-refractivity contribution is 6.34. The van der Waals surface area contributed by atoms with Crippen molar-refractivity contribution in [3.05, 3.63) is 58.1 Å². The molecule has 116 valence electrons. The number of ketones is 1. The minimum absolute atomic E-state index is 0.136. The van der Waals surface area contributed by atoms with E-state index in [1.54, 1.807) is 12.1 Å². The lowest BCUT2D eigenvalue weighted by Crippen LogP contribution is -2.04. The van der Waals surface area contributed by atoms with Crippen LogP contribution in [-0.4, -0.2) is 10.8 Å². The zero-order valence-electron chi connectivity index (χ0n) is 12.4. The zero-order valence-corrected chi connectivity index (χ0v) is 13.2. The van der Waals surface area contributed by atoms with E-state index in [1.807, 2.05) is 6.07 Å². The Morgan fingerprint density at radius 3 is 2.70 bits per heavy atom. The molecular weight excluding hydrogens is 312 g/mol. The van der Waals surface area contributed by atoms with Crippen LogP contribution in [0.4, 0.5) is 5.69 Å². The molecule has 0 aliphatic heterocycles. The minimum Gasteiger partial charge on any atom is -0.450 e. The molecule has 23 heavy (non-hydrogen) atoms. The van der Waals surface area contributed by atoms with Crippen LogP contribution in [0.5, 0.6) is 0 Å². The molecule has 0 bridgehead atoms. The fourth-order valence-electron chi connectivity index (χ4n) is 3.19. The van der Waals surface area contributed by atoms with E-state index in [-0.39, 0.29) is 16.7 Å². The normalized spacial score (nSPS) is 14.0. The molecule has 0 unspecified atom stereocenters. The number of furan rings is 1. The molecule has 0 radical (unpaired) electrons. The molecule has 1 aliphatic carbocycles. The van der Waals surface area contributed by atoms with Gasteiger partial charge in [-0.25, -0.2) is 4.98 Å². The molecule has 2 heterocycles. The molecule has 1 aliphatic rings. The Hall–Kier alpha value is -2.33. The number of carbonyl (C=O) groups is 1. The first kappa shape index (κ1) is 14.3. The lowest BCUT2D eigenvalue weighted by atomic mass is 9.90. The Balaban J connectivity index is 1.86. The number of carbonyl (C=O) groups excluding carboxylic acids is 1. The predicted octanol–water partition coefficient (Wildman–Crippen LogP) is 4.17. The van der Waals surface area contributed by atoms with Crippen molar-refractivity contribution in [2.75, 3.05) is 5.73 Å². The Bertz CT molecular complexity index is 930. The van der Waals surface area contributed by atoms with Gasteiger partial charge in [0.15, 0.2) is 5.76 Å². The summed E-state index contributed by atoms with van der Waals surface area (Å²) in [5, 5.41) is 0.950. The first-order valence-electron chi connectivity index (χ1n) is 7.64. The van der Waals surface area contributed by atoms with E-state index < -0.39 is 0 Å². The molecule has 4 rings (SSSR count). The highest BCUT2D eigenvalue weighted by atomic mass is 35.5. The van der Waals surface area contributed by atoms with Crippen LogP contribution in [0.2, 0.25) is 5.15 Å². The van der Waals surface area contributed by atoms with Crippen molar-refractivity contribution >= 4 is 34.0 Å². The van der Waals surface area contributed by atoms with Crippen LogP contribution in [-0.2, 0) is 12.8 Å². The number of hydrogen-bond acceptors (Lipinski definition) is 4. The molecule has 5 heteroatoms. The van der Waals surface area contributed by atoms with E-state index in [2.05, 4.69) is 11.1 Å². The monoisotopic (exact) mass is 326 g/mol. The summed E-state index contributed by atoms with van der Waals surface area (Å²) in [5.74, 6) is -0.202. The van der Waals surface area contributed by atoms with Crippen LogP contribution >= 0.6 is 11.6 Å². The summed E-state index contributed by atoms with van der Waals surface area (Å²) in [6.07, 6.45) is 6.01. The van der Waals surface area contributed by atoms with Gasteiger partial charge in [-0.15, -0.1) is 0 Å². The summed E-state index contributed by atoms with van der Waals surface area (Å²) in [7, 11) is 0. The van der Waals surface area contributed by atoms with Crippen LogP contribution in [0, 0.1) is 0 Å². The number of aryl methyl sites for hydroxylation is 2. The van der Waals surface area contributed by atoms with Gasteiger partial charge in [0.2, 0.25) is 5.78 Å². The smallest absolute Gasteiger partial charge is 0.233 e. The third kappa shape index (κ3) is 2.30. The first-order chi connectivity index (χ1) is 11.1. The van der Waals surface area contributed by atoms with Crippen LogP contribution in [0.15, 0.2) is 34.9 Å². The summed E-state index contributed by atoms with van der Waals surface area (Å²) in [4.78, 5) is 16.6. The van der Waals surface area contributed by atoms with Crippen LogP contribution in [0.3, 0.4) is 0 Å². The Morgan fingerprint density at radius 1 is 1.22 bits per heavy atom. The molecule has 1 aromatic carbocycles. The topological polar surface area (TPSA) is 69.1 Å². The average Bonchev–Trinajstić information content (AvgIpc) is 2.89. The van der Waals surface area contributed by atoms with E-state index in [0.29, 0.717) is 16.8 Å². The van der Waals surface area contributed by atoms with Gasteiger partial charge in [0.05, 0.1) is 11.3 Å². The zero-order chi connectivity index (χ0) is 16.0. The molecule has 2 N–H and O–H groups in total. The van der Waals surface area contributed by atoms with Gasteiger partial charge in [-0.2, -0.15) is 0 Å². The van der Waals surface area contributed by atoms with E-state index in [4.69, 9.17) is 21.8 Å². The van der Waals surface area contributed by atoms with Gasteiger partial charge in [0.1, 0.15) is 10.7 Å². The highest BCUT2D eigenvalue weighted by Crippen LogP contribution is 2.35. The number of hydrogen-bond donors (Lipinski definition) is 1. The summed E-state index contributed by atoms with van der Waals surface area (Å²) in [5.41, 5.74) is 10.1. The van der Waals surface area contributed by atoms with Crippen LogP contribution < -0.4 is 5.73 Å². The van der Waals surface area contributed by atoms with Crippen molar-refractivity contribution in [3.8, 4) is 0 Å². The second-order valence-electron chi connectivity index (χ2n) is 5.84. The molecule has 0 saturated carbocycles. The van der Waals surface area contributed by atoms with Gasteiger partial charge in [-0.05, 0) is 61.1 Å². The molecular formula is C18H15ClN2O2. The summed E-state index contributed by atoms with van der Waals surface area (Å²) in [6.45, 7) is 0. The number of nitrogens with zero attached hydrogens (tertiary/aromatic N) is 1. The molecule has 0 atom stereocenters. The lowest BCUT2D eigenvalue weighted by Gasteiger charge is -2.14. The van der Waals surface area contributed by atoms with Gasteiger partial charge < -0.3 is 10.2 Å². The molecule has 0 saturated heterocycles. The number of pyridine rings is 1. The summed E-state index contributed by atoms with van der Waals surface area (Å²) in [6, 6.07) is 7.36. The molecule has 0 amide bonds. The SMILES string of the molecule is Nc1c(C(=O)c2cccnc2Cl)oc2cc3c(cc12)CCCC3. The Kier molecular flexibility index (Phi) is 3.34. The maximum Gasteiger partial charge on any atom is 0.233 e. The maximum atomic E-state index is 12.7. The fourth-order valence-corrected chi connectivity index (χ4v) is 3.40. The number of nitrogen functional groups attached to an aromatic ring is 1. The summed E-state index contributed by atoms with van der Waals surface area (Å²) >= 11 is 6.01. The van der Waals surface area contributed by atoms with Gasteiger partial charge in [-0.1, -0.05) is 11.6 Å². The number of benzene rings is 1. The van der Waals surface area contributed by atoms with E-state index in [1.165, 1.54) is 30.2 Å². The van der Waals surface area contributed by atoms with Crippen molar-refractivity contribution in [1.29, 1.82) is 0 Å². The molecule has 0 spiro atoms. The molecule has 4 nitrogen and oxygen atoms in total.